The Labute approximate surface area is 98.5 Å². The van der Waals surface area contributed by atoms with Crippen LogP contribution in [-0.4, -0.2) is 17.1 Å². The van der Waals surface area contributed by atoms with Gasteiger partial charge in [0.1, 0.15) is 17.7 Å². The number of carboxylic acids is 1. The van der Waals surface area contributed by atoms with Crippen LogP contribution >= 0.6 is 0 Å². The van der Waals surface area contributed by atoms with Gasteiger partial charge in [-0.15, -0.1) is 0 Å². The summed E-state index contributed by atoms with van der Waals surface area (Å²) in [6.07, 6.45) is 1.20. The monoisotopic (exact) mass is 243 g/mol. The number of carboxylic acid groups (broad SMARTS) is 1. The van der Waals surface area contributed by atoms with Gasteiger partial charge in [-0.05, 0) is 24.1 Å². The van der Waals surface area contributed by atoms with Gasteiger partial charge in [0.2, 0.25) is 0 Å². The van der Waals surface area contributed by atoms with Crippen LogP contribution in [0.3, 0.4) is 0 Å². The molecule has 3 nitrogen and oxygen atoms in total. The maximum atomic E-state index is 12.9. The van der Waals surface area contributed by atoms with Crippen molar-refractivity contribution in [3.63, 3.8) is 0 Å². The fourth-order valence-corrected chi connectivity index (χ4v) is 1.56. The summed E-state index contributed by atoms with van der Waals surface area (Å²) in [5.74, 6) is -2.28. The Hall–Kier alpha value is -1.49. The summed E-state index contributed by atoms with van der Waals surface area (Å²) < 4.78 is 25.7. The summed E-state index contributed by atoms with van der Waals surface area (Å²) in [7, 11) is 0. The van der Waals surface area contributed by atoms with E-state index in [0.29, 0.717) is 12.0 Å². The van der Waals surface area contributed by atoms with Crippen molar-refractivity contribution in [2.75, 3.05) is 0 Å². The number of hydrogen-bond donors (Lipinski definition) is 2. The average Bonchev–Trinajstić information content (AvgIpc) is 2.22. The Morgan fingerprint density at radius 3 is 2.41 bits per heavy atom. The van der Waals surface area contributed by atoms with Crippen LogP contribution in [0, 0.1) is 11.6 Å². The fraction of sp³-hybridized carbons (Fsp3) is 0.417. The molecule has 0 fully saturated rings. The predicted octanol–water partition coefficient (Wildman–Crippen LogP) is 2.31. The topological polar surface area (TPSA) is 49.3 Å². The molecule has 1 aromatic rings. The molecule has 0 amide bonds. The minimum Gasteiger partial charge on any atom is -0.480 e. The summed E-state index contributed by atoms with van der Waals surface area (Å²) in [6, 6.07) is 2.46. The van der Waals surface area contributed by atoms with E-state index in [4.69, 9.17) is 5.11 Å². The van der Waals surface area contributed by atoms with Crippen molar-refractivity contribution in [3.8, 4) is 0 Å². The molecular formula is C12H15F2NO2. The predicted molar refractivity (Wildman–Crippen MR) is 59.5 cm³/mol. The largest absolute Gasteiger partial charge is 0.480 e. The highest BCUT2D eigenvalue weighted by atomic mass is 19.1. The van der Waals surface area contributed by atoms with E-state index in [2.05, 4.69) is 5.32 Å². The maximum absolute atomic E-state index is 12.9. The number of nitrogens with one attached hydrogen (secondary N) is 1. The molecular weight excluding hydrogens is 228 g/mol. The first-order valence-corrected chi connectivity index (χ1v) is 5.44. The minimum absolute atomic E-state index is 0.131. The van der Waals surface area contributed by atoms with Crippen LogP contribution < -0.4 is 5.32 Å². The highest BCUT2D eigenvalue weighted by Gasteiger charge is 2.15. The Morgan fingerprint density at radius 1 is 1.35 bits per heavy atom. The molecule has 0 saturated carbocycles. The van der Waals surface area contributed by atoms with Gasteiger partial charge in [-0.2, -0.15) is 0 Å². The van der Waals surface area contributed by atoms with Crippen molar-refractivity contribution >= 4 is 5.97 Å². The van der Waals surface area contributed by atoms with Crippen LogP contribution in [0.25, 0.3) is 0 Å². The molecule has 1 rings (SSSR count). The van der Waals surface area contributed by atoms with Crippen LogP contribution in [-0.2, 0) is 11.3 Å². The molecule has 1 atom stereocenters. The Balaban J connectivity index is 2.61. The number of halogens is 2. The first-order chi connectivity index (χ1) is 8.02. The Kier molecular flexibility index (Phi) is 5.03. The van der Waals surface area contributed by atoms with Gasteiger partial charge in [0, 0.05) is 12.6 Å². The lowest BCUT2D eigenvalue weighted by Gasteiger charge is -2.13. The Morgan fingerprint density at radius 2 is 1.94 bits per heavy atom. The van der Waals surface area contributed by atoms with E-state index in [9.17, 15) is 13.6 Å². The summed E-state index contributed by atoms with van der Waals surface area (Å²) in [5.41, 5.74) is 0.393. The number of benzene rings is 1. The highest BCUT2D eigenvalue weighted by molar-refractivity contribution is 5.73. The second-order valence-electron chi connectivity index (χ2n) is 3.84. The summed E-state index contributed by atoms with van der Waals surface area (Å²) >= 11 is 0. The third-order valence-electron chi connectivity index (χ3n) is 2.35. The second kappa shape index (κ2) is 6.30. The molecule has 0 bridgehead atoms. The molecule has 0 aliphatic rings. The highest BCUT2D eigenvalue weighted by Crippen LogP contribution is 2.08. The van der Waals surface area contributed by atoms with E-state index in [0.717, 1.165) is 12.5 Å². The van der Waals surface area contributed by atoms with Crippen LogP contribution in [0.2, 0.25) is 0 Å². The van der Waals surface area contributed by atoms with Gasteiger partial charge in [0.15, 0.2) is 0 Å². The minimum atomic E-state index is -0.955. The lowest BCUT2D eigenvalue weighted by molar-refractivity contribution is -0.139. The molecule has 94 valence electrons. The van der Waals surface area contributed by atoms with Gasteiger partial charge in [0.05, 0.1) is 0 Å². The molecule has 0 spiro atoms. The molecule has 1 aromatic carbocycles. The molecule has 0 aliphatic carbocycles. The molecule has 0 aromatic heterocycles. The number of aliphatic carboxylic acids is 1. The Bertz CT molecular complexity index is 376. The zero-order valence-electron chi connectivity index (χ0n) is 9.54. The summed E-state index contributed by atoms with van der Waals surface area (Å²) in [5, 5.41) is 11.6. The molecule has 17 heavy (non-hydrogen) atoms. The maximum Gasteiger partial charge on any atom is 0.320 e. The SMILES string of the molecule is CCCC(NCc1cc(F)cc(F)c1)C(=O)O. The summed E-state index contributed by atoms with van der Waals surface area (Å²) in [6.45, 7) is 2.01. The van der Waals surface area contributed by atoms with Gasteiger partial charge in [-0.1, -0.05) is 13.3 Å². The standard InChI is InChI=1S/C12H15F2NO2/c1-2-3-11(12(16)17)15-7-8-4-9(13)6-10(14)5-8/h4-6,11,15H,2-3,7H2,1H3,(H,16,17). The van der Waals surface area contributed by atoms with Crippen LogP contribution in [0.5, 0.6) is 0 Å². The smallest absolute Gasteiger partial charge is 0.320 e. The molecule has 2 N–H and O–H groups in total. The van der Waals surface area contributed by atoms with Gasteiger partial charge in [-0.25, -0.2) is 8.78 Å². The van der Waals surface area contributed by atoms with E-state index < -0.39 is 23.6 Å². The molecule has 1 unspecified atom stereocenters. The average molecular weight is 243 g/mol. The normalized spacial score (nSPS) is 12.4. The van der Waals surface area contributed by atoms with Gasteiger partial charge in [0.25, 0.3) is 0 Å². The van der Waals surface area contributed by atoms with Gasteiger partial charge < -0.3 is 10.4 Å². The molecule has 0 aliphatic heterocycles. The molecule has 0 heterocycles. The van der Waals surface area contributed by atoms with Crippen molar-refractivity contribution < 1.29 is 18.7 Å². The van der Waals surface area contributed by atoms with E-state index in [1.54, 1.807) is 0 Å². The van der Waals surface area contributed by atoms with E-state index >= 15 is 0 Å². The zero-order valence-corrected chi connectivity index (χ0v) is 9.54. The molecule has 5 heteroatoms. The lowest BCUT2D eigenvalue weighted by atomic mass is 10.1. The van der Waals surface area contributed by atoms with Crippen LogP contribution in [0.1, 0.15) is 25.3 Å². The summed E-state index contributed by atoms with van der Waals surface area (Å²) in [4.78, 5) is 10.8. The van der Waals surface area contributed by atoms with E-state index in [1.165, 1.54) is 12.1 Å². The third-order valence-corrected chi connectivity index (χ3v) is 2.35. The van der Waals surface area contributed by atoms with Crippen LogP contribution in [0.15, 0.2) is 18.2 Å². The number of rotatable bonds is 6. The van der Waals surface area contributed by atoms with Crippen molar-refractivity contribution in [1.82, 2.24) is 5.32 Å². The first kappa shape index (κ1) is 13.6. The number of hydrogen-bond acceptors (Lipinski definition) is 2. The third kappa shape index (κ3) is 4.48. The molecule has 0 saturated heterocycles. The fourth-order valence-electron chi connectivity index (χ4n) is 1.56. The van der Waals surface area contributed by atoms with E-state index in [-0.39, 0.29) is 6.54 Å². The van der Waals surface area contributed by atoms with Crippen molar-refractivity contribution in [1.29, 1.82) is 0 Å². The van der Waals surface area contributed by atoms with E-state index in [1.807, 2.05) is 6.92 Å². The zero-order chi connectivity index (χ0) is 12.8. The van der Waals surface area contributed by atoms with Gasteiger partial charge in [-0.3, -0.25) is 4.79 Å². The first-order valence-electron chi connectivity index (χ1n) is 5.44. The molecule has 0 radical (unpaired) electrons. The lowest BCUT2D eigenvalue weighted by Crippen LogP contribution is -2.36. The van der Waals surface area contributed by atoms with Crippen molar-refractivity contribution in [3.05, 3.63) is 35.4 Å². The van der Waals surface area contributed by atoms with Crippen molar-refractivity contribution in [2.24, 2.45) is 0 Å². The van der Waals surface area contributed by atoms with Gasteiger partial charge >= 0.3 is 5.97 Å². The van der Waals surface area contributed by atoms with Crippen molar-refractivity contribution in [2.45, 2.75) is 32.4 Å². The quantitative estimate of drug-likeness (QED) is 0.806. The van der Waals surface area contributed by atoms with Crippen LogP contribution in [0.4, 0.5) is 8.78 Å². The number of carbonyl (C=O) groups is 1. The second-order valence-corrected chi connectivity index (χ2v) is 3.84.